The minimum atomic E-state index is -4.11. The number of fused-ring (bicyclic) bond motifs is 1. The van der Waals surface area contributed by atoms with Gasteiger partial charge in [-0.25, -0.2) is 0 Å². The van der Waals surface area contributed by atoms with Crippen LogP contribution in [0.2, 0.25) is 0 Å². The third-order valence-corrected chi connectivity index (χ3v) is 4.22. The van der Waals surface area contributed by atoms with Gasteiger partial charge in [0, 0.05) is 37.6 Å². The smallest absolute Gasteiger partial charge is 0.314 e. The number of piperazine rings is 1. The average molecular weight is 349 g/mol. The van der Waals surface area contributed by atoms with Crippen LogP contribution in [-0.4, -0.2) is 47.5 Å². The van der Waals surface area contributed by atoms with Gasteiger partial charge in [-0.15, -0.1) is 12.4 Å². The Bertz CT molecular complexity index is 656. The molecule has 1 aromatic heterocycles. The Labute approximate surface area is 138 Å². The summed E-state index contributed by atoms with van der Waals surface area (Å²) in [6.45, 7) is 4.05. The molecule has 23 heavy (non-hydrogen) atoms. The van der Waals surface area contributed by atoms with Gasteiger partial charge in [-0.05, 0) is 30.2 Å². The quantitative estimate of drug-likeness (QED) is 0.895. The standard InChI is InChI=1S/C15H19F3N4.ClH/c1-10-6-13-11(8-20-21-13)7-12(10)14-9-19-3-5-22(14)4-2-15(16,17)18;/h6-8,14,19H,2-5,9H2,1H3,(H,20,21);1H. The van der Waals surface area contributed by atoms with Gasteiger partial charge in [-0.1, -0.05) is 0 Å². The van der Waals surface area contributed by atoms with E-state index < -0.39 is 12.6 Å². The third kappa shape index (κ3) is 4.16. The monoisotopic (exact) mass is 348 g/mol. The van der Waals surface area contributed by atoms with Crippen LogP contribution < -0.4 is 5.32 Å². The molecule has 3 rings (SSSR count). The van der Waals surface area contributed by atoms with Crippen molar-refractivity contribution in [2.75, 3.05) is 26.2 Å². The van der Waals surface area contributed by atoms with Crippen LogP contribution in [0.1, 0.15) is 23.6 Å². The molecule has 0 radical (unpaired) electrons. The second kappa shape index (κ2) is 7.07. The zero-order valence-electron chi connectivity index (χ0n) is 12.8. The van der Waals surface area contributed by atoms with Crippen LogP contribution in [0.15, 0.2) is 18.3 Å². The predicted octanol–water partition coefficient (Wildman–Crippen LogP) is 3.19. The number of alkyl halides is 3. The summed E-state index contributed by atoms with van der Waals surface area (Å²) in [6, 6.07) is 4.01. The Morgan fingerprint density at radius 1 is 1.35 bits per heavy atom. The molecule has 128 valence electrons. The number of hydrogen-bond donors (Lipinski definition) is 2. The van der Waals surface area contributed by atoms with Crippen molar-refractivity contribution < 1.29 is 13.2 Å². The molecule has 0 aliphatic carbocycles. The first-order chi connectivity index (χ1) is 10.4. The normalized spacial score (nSPS) is 19.7. The molecule has 0 amide bonds. The number of rotatable bonds is 3. The number of aromatic amines is 1. The van der Waals surface area contributed by atoms with Crippen molar-refractivity contribution in [2.24, 2.45) is 0 Å². The highest BCUT2D eigenvalue weighted by Gasteiger charge is 2.31. The van der Waals surface area contributed by atoms with Crippen LogP contribution in [0.25, 0.3) is 10.9 Å². The fraction of sp³-hybridized carbons (Fsp3) is 0.533. The van der Waals surface area contributed by atoms with Gasteiger partial charge in [0.05, 0.1) is 18.1 Å². The van der Waals surface area contributed by atoms with Gasteiger partial charge in [0.25, 0.3) is 0 Å². The minimum absolute atomic E-state index is 0. The van der Waals surface area contributed by atoms with E-state index in [1.807, 2.05) is 24.0 Å². The van der Waals surface area contributed by atoms with Gasteiger partial charge in [0.15, 0.2) is 0 Å². The van der Waals surface area contributed by atoms with Crippen molar-refractivity contribution in [2.45, 2.75) is 25.6 Å². The largest absolute Gasteiger partial charge is 0.390 e. The molecule has 1 aromatic carbocycles. The number of H-pyrrole nitrogens is 1. The highest BCUT2D eigenvalue weighted by atomic mass is 35.5. The zero-order valence-corrected chi connectivity index (χ0v) is 13.6. The second-order valence-electron chi connectivity index (χ2n) is 5.79. The number of nitrogens with one attached hydrogen (secondary N) is 2. The molecule has 1 aliphatic heterocycles. The summed E-state index contributed by atoms with van der Waals surface area (Å²) >= 11 is 0. The second-order valence-corrected chi connectivity index (χ2v) is 5.79. The van der Waals surface area contributed by atoms with E-state index in [0.29, 0.717) is 13.1 Å². The van der Waals surface area contributed by atoms with Crippen LogP contribution >= 0.6 is 12.4 Å². The minimum Gasteiger partial charge on any atom is -0.314 e. The van der Waals surface area contributed by atoms with Gasteiger partial charge < -0.3 is 5.32 Å². The summed E-state index contributed by atoms with van der Waals surface area (Å²) in [5.41, 5.74) is 3.09. The van der Waals surface area contributed by atoms with E-state index in [-0.39, 0.29) is 25.0 Å². The Morgan fingerprint density at radius 3 is 2.87 bits per heavy atom. The molecule has 2 N–H and O–H groups in total. The molecule has 1 fully saturated rings. The summed E-state index contributed by atoms with van der Waals surface area (Å²) in [5, 5.41) is 11.2. The van der Waals surface area contributed by atoms with E-state index in [0.717, 1.165) is 28.6 Å². The van der Waals surface area contributed by atoms with E-state index >= 15 is 0 Å². The number of hydrogen-bond acceptors (Lipinski definition) is 3. The van der Waals surface area contributed by atoms with Crippen molar-refractivity contribution in [3.63, 3.8) is 0 Å². The Morgan fingerprint density at radius 2 is 2.13 bits per heavy atom. The number of aromatic nitrogens is 2. The molecule has 0 saturated carbocycles. The first-order valence-electron chi connectivity index (χ1n) is 7.39. The van der Waals surface area contributed by atoms with Crippen LogP contribution in [0.4, 0.5) is 13.2 Å². The summed E-state index contributed by atoms with van der Waals surface area (Å²) in [4.78, 5) is 1.93. The molecular formula is C15H20ClF3N4. The van der Waals surface area contributed by atoms with Gasteiger partial charge in [0.1, 0.15) is 0 Å². The fourth-order valence-electron chi connectivity index (χ4n) is 3.07. The topological polar surface area (TPSA) is 44.0 Å². The maximum atomic E-state index is 12.5. The highest BCUT2D eigenvalue weighted by molar-refractivity contribution is 5.85. The van der Waals surface area contributed by atoms with Gasteiger partial charge in [-0.2, -0.15) is 18.3 Å². The fourth-order valence-corrected chi connectivity index (χ4v) is 3.07. The van der Waals surface area contributed by atoms with E-state index in [2.05, 4.69) is 15.5 Å². The van der Waals surface area contributed by atoms with Crippen LogP contribution in [0.3, 0.4) is 0 Å². The molecule has 1 atom stereocenters. The van der Waals surface area contributed by atoms with E-state index in [1.165, 1.54) is 0 Å². The Kier molecular flexibility index (Phi) is 5.54. The molecular weight excluding hydrogens is 329 g/mol. The van der Waals surface area contributed by atoms with E-state index in [1.54, 1.807) is 6.20 Å². The van der Waals surface area contributed by atoms with Crippen molar-refractivity contribution in [1.82, 2.24) is 20.4 Å². The van der Waals surface area contributed by atoms with Crippen molar-refractivity contribution in [1.29, 1.82) is 0 Å². The molecule has 0 bridgehead atoms. The first-order valence-corrected chi connectivity index (χ1v) is 7.39. The average Bonchev–Trinajstić information content (AvgIpc) is 2.91. The molecule has 2 heterocycles. The lowest BCUT2D eigenvalue weighted by Gasteiger charge is -2.37. The van der Waals surface area contributed by atoms with Crippen molar-refractivity contribution in [3.8, 4) is 0 Å². The molecule has 0 spiro atoms. The van der Waals surface area contributed by atoms with Crippen molar-refractivity contribution in [3.05, 3.63) is 29.5 Å². The summed E-state index contributed by atoms with van der Waals surface area (Å²) in [5.74, 6) is 0. The number of halogens is 4. The van der Waals surface area contributed by atoms with Crippen LogP contribution in [0.5, 0.6) is 0 Å². The van der Waals surface area contributed by atoms with Gasteiger partial charge >= 0.3 is 6.18 Å². The highest BCUT2D eigenvalue weighted by Crippen LogP contribution is 2.30. The maximum absolute atomic E-state index is 12.5. The molecule has 1 aliphatic rings. The van der Waals surface area contributed by atoms with Gasteiger partial charge in [0.2, 0.25) is 0 Å². The number of benzene rings is 1. The van der Waals surface area contributed by atoms with Crippen molar-refractivity contribution >= 4 is 23.3 Å². The summed E-state index contributed by atoms with van der Waals surface area (Å²) < 4.78 is 37.6. The molecule has 2 aromatic rings. The lowest BCUT2D eigenvalue weighted by molar-refractivity contribution is -0.139. The zero-order chi connectivity index (χ0) is 15.7. The molecule has 8 heteroatoms. The maximum Gasteiger partial charge on any atom is 0.390 e. The predicted molar refractivity (Wildman–Crippen MR) is 85.9 cm³/mol. The SMILES string of the molecule is Cc1cc2[nH]ncc2cc1C1CNCCN1CCC(F)(F)F.Cl. The van der Waals surface area contributed by atoms with Gasteiger partial charge in [-0.3, -0.25) is 10.00 Å². The lowest BCUT2D eigenvalue weighted by Crippen LogP contribution is -2.47. The number of aryl methyl sites for hydroxylation is 1. The van der Waals surface area contributed by atoms with Crippen LogP contribution in [-0.2, 0) is 0 Å². The molecule has 1 saturated heterocycles. The van der Waals surface area contributed by atoms with E-state index in [4.69, 9.17) is 0 Å². The third-order valence-electron chi connectivity index (χ3n) is 4.22. The Hall–Kier alpha value is -1.31. The lowest BCUT2D eigenvalue weighted by atomic mass is 9.96. The number of nitrogens with zero attached hydrogens (tertiary/aromatic N) is 2. The van der Waals surface area contributed by atoms with Crippen LogP contribution in [0, 0.1) is 6.92 Å². The Balaban J connectivity index is 0.00000192. The summed E-state index contributed by atoms with van der Waals surface area (Å²) in [6.07, 6.45) is -3.13. The molecule has 4 nitrogen and oxygen atoms in total. The molecule has 1 unspecified atom stereocenters. The van der Waals surface area contributed by atoms with E-state index in [9.17, 15) is 13.2 Å². The summed E-state index contributed by atoms with van der Waals surface area (Å²) in [7, 11) is 0. The first kappa shape index (κ1) is 18.0.